The number of esters is 1. The van der Waals surface area contributed by atoms with Crippen molar-refractivity contribution < 1.29 is 19.1 Å². The summed E-state index contributed by atoms with van der Waals surface area (Å²) in [5.74, 6) is 0.498. The molecule has 0 heterocycles. The molecule has 0 radical (unpaired) electrons. The van der Waals surface area contributed by atoms with Crippen molar-refractivity contribution in [2.45, 2.75) is 44.9 Å². The number of hydrogen-bond donors (Lipinski definition) is 0. The van der Waals surface area contributed by atoms with Crippen LogP contribution in [0.4, 0.5) is 0 Å². The van der Waals surface area contributed by atoms with Gasteiger partial charge < -0.3 is 9.47 Å². The van der Waals surface area contributed by atoms with Gasteiger partial charge >= 0.3 is 5.97 Å². The van der Waals surface area contributed by atoms with Gasteiger partial charge in [0.1, 0.15) is 5.75 Å². The van der Waals surface area contributed by atoms with E-state index in [0.29, 0.717) is 17.2 Å². The maximum atomic E-state index is 12.2. The van der Waals surface area contributed by atoms with E-state index in [0.717, 1.165) is 5.56 Å². The summed E-state index contributed by atoms with van der Waals surface area (Å²) in [6, 6.07) is 15.2. The Morgan fingerprint density at radius 1 is 0.926 bits per heavy atom. The zero-order chi connectivity index (χ0) is 19.1. The maximum absolute atomic E-state index is 12.2. The normalized spacial score (nSPS) is 14.6. The molecule has 0 aliphatic heterocycles. The van der Waals surface area contributed by atoms with Crippen molar-refractivity contribution in [3.63, 3.8) is 0 Å². The minimum atomic E-state index is -0.551. The second kappa shape index (κ2) is 9.36. The lowest BCUT2D eigenvalue weighted by Crippen LogP contribution is -2.19. The molecule has 0 bridgehead atoms. The van der Waals surface area contributed by atoms with Crippen molar-refractivity contribution in [2.24, 2.45) is 0 Å². The molecule has 4 nitrogen and oxygen atoms in total. The zero-order valence-electron chi connectivity index (χ0n) is 15.8. The number of hydrogen-bond acceptors (Lipinski definition) is 4. The lowest BCUT2D eigenvalue weighted by atomic mass is 9.84. The zero-order valence-corrected chi connectivity index (χ0v) is 15.8. The third-order valence-electron chi connectivity index (χ3n) is 5.11. The Balaban J connectivity index is 1.45. The van der Waals surface area contributed by atoms with Gasteiger partial charge in [-0.1, -0.05) is 61.7 Å². The number of benzene rings is 2. The predicted octanol–water partition coefficient (Wildman–Crippen LogP) is 4.85. The topological polar surface area (TPSA) is 52.6 Å². The number of ketones is 1. The van der Waals surface area contributed by atoms with Gasteiger partial charge in [-0.15, -0.1) is 0 Å². The minimum Gasteiger partial charge on any atom is -0.482 e. The van der Waals surface area contributed by atoms with E-state index in [9.17, 15) is 9.59 Å². The molecule has 3 rings (SSSR count). The minimum absolute atomic E-state index is 0.200. The SMILES string of the molecule is Cc1ccccc1OCC(=O)OCC(=O)c1ccc(C2CCCCC2)cc1. The van der Waals surface area contributed by atoms with Crippen LogP contribution >= 0.6 is 0 Å². The van der Waals surface area contributed by atoms with E-state index < -0.39 is 5.97 Å². The molecular weight excluding hydrogens is 340 g/mol. The fourth-order valence-corrected chi connectivity index (χ4v) is 3.50. The number of para-hydroxylation sites is 1. The summed E-state index contributed by atoms with van der Waals surface area (Å²) in [5, 5.41) is 0. The highest BCUT2D eigenvalue weighted by Crippen LogP contribution is 2.32. The van der Waals surface area contributed by atoms with Crippen LogP contribution in [0.2, 0.25) is 0 Å². The molecule has 1 aliphatic rings. The van der Waals surface area contributed by atoms with Crippen LogP contribution < -0.4 is 4.74 Å². The summed E-state index contributed by atoms with van der Waals surface area (Å²) in [5.41, 5.74) is 2.82. The Bertz CT molecular complexity index is 773. The molecule has 1 saturated carbocycles. The Hall–Kier alpha value is -2.62. The molecule has 27 heavy (non-hydrogen) atoms. The Labute approximate surface area is 160 Å². The first-order valence-corrected chi connectivity index (χ1v) is 9.60. The van der Waals surface area contributed by atoms with E-state index >= 15 is 0 Å². The van der Waals surface area contributed by atoms with Gasteiger partial charge in [-0.25, -0.2) is 4.79 Å². The fraction of sp³-hybridized carbons (Fsp3) is 0.391. The number of Topliss-reactive ketones (excluding diaryl/α,β-unsaturated/α-hetero) is 1. The van der Waals surface area contributed by atoms with Gasteiger partial charge in [0.2, 0.25) is 0 Å². The second-order valence-corrected chi connectivity index (χ2v) is 7.09. The van der Waals surface area contributed by atoms with Gasteiger partial charge in [-0.3, -0.25) is 4.79 Å². The third kappa shape index (κ3) is 5.43. The van der Waals surface area contributed by atoms with Crippen LogP contribution in [0.15, 0.2) is 48.5 Å². The van der Waals surface area contributed by atoms with Crippen LogP contribution in [-0.4, -0.2) is 25.0 Å². The summed E-state index contributed by atoms with van der Waals surface area (Å²) in [6.45, 7) is 1.43. The van der Waals surface area contributed by atoms with Gasteiger partial charge in [0, 0.05) is 5.56 Å². The summed E-state index contributed by atoms with van der Waals surface area (Å²) >= 11 is 0. The first-order valence-electron chi connectivity index (χ1n) is 9.60. The summed E-state index contributed by atoms with van der Waals surface area (Å²) in [4.78, 5) is 24.1. The van der Waals surface area contributed by atoms with Crippen LogP contribution in [-0.2, 0) is 9.53 Å². The first-order chi connectivity index (χ1) is 13.1. The third-order valence-corrected chi connectivity index (χ3v) is 5.11. The lowest BCUT2D eigenvalue weighted by Gasteiger charge is -2.22. The predicted molar refractivity (Wildman–Crippen MR) is 104 cm³/mol. The highest BCUT2D eigenvalue weighted by molar-refractivity contribution is 5.98. The molecule has 2 aromatic carbocycles. The molecule has 1 aliphatic carbocycles. The summed E-state index contributed by atoms with van der Waals surface area (Å²) in [6.07, 6.45) is 6.35. The van der Waals surface area contributed by atoms with Crippen molar-refractivity contribution in [3.05, 3.63) is 65.2 Å². The van der Waals surface area contributed by atoms with E-state index in [1.165, 1.54) is 37.7 Å². The van der Waals surface area contributed by atoms with Gasteiger partial charge in [0.05, 0.1) is 0 Å². The van der Waals surface area contributed by atoms with Crippen molar-refractivity contribution in [3.8, 4) is 5.75 Å². The van der Waals surface area contributed by atoms with Crippen LogP contribution in [0.1, 0.15) is 59.5 Å². The van der Waals surface area contributed by atoms with Crippen molar-refractivity contribution in [1.29, 1.82) is 0 Å². The van der Waals surface area contributed by atoms with Crippen molar-refractivity contribution >= 4 is 11.8 Å². The first kappa shape index (κ1) is 19.2. The largest absolute Gasteiger partial charge is 0.482 e. The molecule has 2 aromatic rings. The number of carbonyl (C=O) groups is 2. The maximum Gasteiger partial charge on any atom is 0.344 e. The molecule has 1 fully saturated rings. The summed E-state index contributed by atoms with van der Waals surface area (Å²) < 4.78 is 10.5. The van der Waals surface area contributed by atoms with E-state index in [1.807, 2.05) is 49.4 Å². The fourth-order valence-electron chi connectivity index (χ4n) is 3.50. The van der Waals surface area contributed by atoms with E-state index in [1.54, 1.807) is 6.07 Å². The van der Waals surface area contributed by atoms with E-state index in [4.69, 9.17) is 9.47 Å². The van der Waals surface area contributed by atoms with Crippen LogP contribution in [0.5, 0.6) is 5.75 Å². The summed E-state index contributed by atoms with van der Waals surface area (Å²) in [7, 11) is 0. The number of aryl methyl sites for hydroxylation is 1. The smallest absolute Gasteiger partial charge is 0.344 e. The Morgan fingerprint density at radius 2 is 1.63 bits per heavy atom. The number of carbonyl (C=O) groups excluding carboxylic acids is 2. The second-order valence-electron chi connectivity index (χ2n) is 7.09. The van der Waals surface area contributed by atoms with Crippen molar-refractivity contribution in [1.82, 2.24) is 0 Å². The number of rotatable bonds is 7. The van der Waals surface area contributed by atoms with Gasteiger partial charge in [-0.2, -0.15) is 0 Å². The lowest BCUT2D eigenvalue weighted by molar-refractivity contribution is -0.144. The molecule has 0 unspecified atom stereocenters. The molecule has 0 N–H and O–H groups in total. The highest BCUT2D eigenvalue weighted by Gasteiger charge is 2.16. The van der Waals surface area contributed by atoms with Gasteiger partial charge in [0.15, 0.2) is 19.0 Å². The van der Waals surface area contributed by atoms with Crippen molar-refractivity contribution in [2.75, 3.05) is 13.2 Å². The Morgan fingerprint density at radius 3 is 2.33 bits per heavy atom. The average Bonchev–Trinajstić information content (AvgIpc) is 2.72. The van der Waals surface area contributed by atoms with Gasteiger partial charge in [0.25, 0.3) is 0 Å². The molecular formula is C23H26O4. The van der Waals surface area contributed by atoms with Gasteiger partial charge in [-0.05, 0) is 42.9 Å². The molecule has 142 valence electrons. The number of ether oxygens (including phenoxy) is 2. The standard InChI is InChI=1S/C23H26O4/c1-17-7-5-6-10-22(17)26-16-23(25)27-15-21(24)20-13-11-19(12-14-20)18-8-3-2-4-9-18/h5-7,10-14,18H,2-4,8-9,15-16H2,1H3. The molecule has 0 spiro atoms. The monoisotopic (exact) mass is 366 g/mol. The van der Waals surface area contributed by atoms with Crippen LogP contribution in [0.25, 0.3) is 0 Å². The average molecular weight is 366 g/mol. The highest BCUT2D eigenvalue weighted by atomic mass is 16.6. The molecule has 0 amide bonds. The van der Waals surface area contributed by atoms with Crippen LogP contribution in [0, 0.1) is 6.92 Å². The van der Waals surface area contributed by atoms with E-state index in [2.05, 4.69) is 0 Å². The molecule has 0 atom stereocenters. The van der Waals surface area contributed by atoms with Crippen LogP contribution in [0.3, 0.4) is 0 Å². The molecule has 0 aromatic heterocycles. The molecule has 4 heteroatoms. The quantitative estimate of drug-likeness (QED) is 0.519. The molecule has 0 saturated heterocycles. The van der Waals surface area contributed by atoms with E-state index in [-0.39, 0.29) is 19.0 Å². The Kier molecular flexibility index (Phi) is 6.64.